The summed E-state index contributed by atoms with van der Waals surface area (Å²) in [6.45, 7) is 9.82. The van der Waals surface area contributed by atoms with E-state index in [9.17, 15) is 5.11 Å². The predicted molar refractivity (Wildman–Crippen MR) is 108 cm³/mol. The molecule has 1 aliphatic rings. The maximum atomic E-state index is 9.48. The largest absolute Gasteiger partial charge is 0.497 e. The number of methoxy groups -OCH3 is 1. The average molecular weight is 373 g/mol. The minimum absolute atomic E-state index is 0.246. The lowest BCUT2D eigenvalue weighted by Crippen LogP contribution is -2.53. The van der Waals surface area contributed by atoms with Crippen LogP contribution in [0.5, 0.6) is 5.75 Å². The highest BCUT2D eigenvalue weighted by atomic mass is 16.5. The Bertz CT molecular complexity index is 698. The highest BCUT2D eigenvalue weighted by Crippen LogP contribution is 2.25. The number of nitrogens with one attached hydrogen (secondary N) is 1. The van der Waals surface area contributed by atoms with Crippen LogP contribution in [0.25, 0.3) is 11.3 Å². The zero-order chi connectivity index (χ0) is 19.2. The van der Waals surface area contributed by atoms with Crippen LogP contribution in [0.1, 0.15) is 25.8 Å². The van der Waals surface area contributed by atoms with Crippen molar-refractivity contribution < 1.29 is 9.84 Å². The molecule has 148 valence electrons. The monoisotopic (exact) mass is 372 g/mol. The Kier molecular flexibility index (Phi) is 6.88. The summed E-state index contributed by atoms with van der Waals surface area (Å²) >= 11 is 0. The molecule has 0 saturated carbocycles. The van der Waals surface area contributed by atoms with Gasteiger partial charge in [0.2, 0.25) is 0 Å². The summed E-state index contributed by atoms with van der Waals surface area (Å²) in [4.78, 5) is 5.02. The van der Waals surface area contributed by atoms with Gasteiger partial charge in [-0.15, -0.1) is 0 Å². The maximum absolute atomic E-state index is 9.48. The van der Waals surface area contributed by atoms with Crippen LogP contribution in [0.4, 0.5) is 0 Å². The summed E-state index contributed by atoms with van der Waals surface area (Å²) in [6, 6.07) is 8.49. The zero-order valence-corrected chi connectivity index (χ0v) is 16.7. The molecule has 1 aromatic carbocycles. The third-order valence-corrected chi connectivity index (χ3v) is 5.24. The number of hydrogen-bond donors (Lipinski definition) is 2. The van der Waals surface area contributed by atoms with Crippen molar-refractivity contribution in [3.63, 3.8) is 0 Å². The summed E-state index contributed by atoms with van der Waals surface area (Å²) in [7, 11) is 1.68. The second kappa shape index (κ2) is 9.35. The Morgan fingerprint density at radius 1 is 1.26 bits per heavy atom. The highest BCUT2D eigenvalue weighted by Gasteiger charge is 2.27. The van der Waals surface area contributed by atoms with Gasteiger partial charge in [-0.1, -0.05) is 13.8 Å². The van der Waals surface area contributed by atoms with E-state index in [4.69, 9.17) is 4.74 Å². The maximum Gasteiger partial charge on any atom is 0.118 e. The molecule has 1 fully saturated rings. The van der Waals surface area contributed by atoms with Gasteiger partial charge >= 0.3 is 0 Å². The molecule has 1 aliphatic heterocycles. The molecule has 1 atom stereocenters. The minimum Gasteiger partial charge on any atom is -0.497 e. The van der Waals surface area contributed by atoms with E-state index in [-0.39, 0.29) is 6.61 Å². The van der Waals surface area contributed by atoms with Crippen molar-refractivity contribution in [3.05, 3.63) is 36.0 Å². The first kappa shape index (κ1) is 19.9. The van der Waals surface area contributed by atoms with Crippen LogP contribution < -0.4 is 4.74 Å². The van der Waals surface area contributed by atoms with Crippen molar-refractivity contribution in [2.45, 2.75) is 32.9 Å². The molecule has 6 nitrogen and oxygen atoms in total. The van der Waals surface area contributed by atoms with Crippen LogP contribution >= 0.6 is 0 Å². The van der Waals surface area contributed by atoms with Gasteiger partial charge in [0.1, 0.15) is 5.75 Å². The number of H-pyrrole nitrogens is 1. The summed E-state index contributed by atoms with van der Waals surface area (Å²) in [6.07, 6.45) is 2.76. The second-order valence-corrected chi connectivity index (χ2v) is 7.79. The van der Waals surface area contributed by atoms with Crippen LogP contribution in [0.3, 0.4) is 0 Å². The smallest absolute Gasteiger partial charge is 0.118 e. The fourth-order valence-electron chi connectivity index (χ4n) is 3.91. The number of nitrogens with zero attached hydrogens (tertiary/aromatic N) is 3. The molecule has 1 unspecified atom stereocenters. The second-order valence-electron chi connectivity index (χ2n) is 7.79. The Hall–Kier alpha value is -1.89. The molecule has 3 rings (SSSR count). The van der Waals surface area contributed by atoms with E-state index in [0.29, 0.717) is 12.0 Å². The van der Waals surface area contributed by atoms with Crippen LogP contribution in [-0.4, -0.2) is 71.0 Å². The molecule has 2 aromatic rings. The molecule has 1 saturated heterocycles. The number of aliphatic hydroxyl groups is 1. The Labute approximate surface area is 162 Å². The number of aliphatic hydroxyl groups excluding tert-OH is 1. The number of hydrogen-bond acceptors (Lipinski definition) is 5. The van der Waals surface area contributed by atoms with Gasteiger partial charge in [-0.25, -0.2) is 0 Å². The van der Waals surface area contributed by atoms with Crippen molar-refractivity contribution in [2.75, 3.05) is 39.9 Å². The molecular weight excluding hydrogens is 340 g/mol. The number of benzene rings is 1. The molecule has 0 aliphatic carbocycles. The van der Waals surface area contributed by atoms with Gasteiger partial charge in [-0.3, -0.25) is 14.9 Å². The standard InChI is InChI=1S/C21H32N4O2/c1-16(2)13-25-10-9-24(15-19(25)8-11-26)14-18-12-22-23-21(18)17-4-6-20(27-3)7-5-17/h4-7,12,16,19,26H,8-11,13-15H2,1-3H3,(H,22,23). The van der Waals surface area contributed by atoms with Gasteiger partial charge in [0.15, 0.2) is 0 Å². The molecule has 0 bridgehead atoms. The van der Waals surface area contributed by atoms with Crippen LogP contribution in [0, 0.1) is 5.92 Å². The molecule has 27 heavy (non-hydrogen) atoms. The van der Waals surface area contributed by atoms with Gasteiger partial charge < -0.3 is 9.84 Å². The minimum atomic E-state index is 0.246. The number of aromatic nitrogens is 2. The molecule has 2 N–H and O–H groups in total. The van der Waals surface area contributed by atoms with E-state index >= 15 is 0 Å². The summed E-state index contributed by atoms with van der Waals surface area (Å²) in [5.74, 6) is 1.50. The number of ether oxygens (including phenoxy) is 1. The predicted octanol–water partition coefficient (Wildman–Crippen LogP) is 2.61. The molecule has 1 aromatic heterocycles. The third kappa shape index (κ3) is 5.09. The van der Waals surface area contributed by atoms with Crippen molar-refractivity contribution in [2.24, 2.45) is 5.92 Å². The lowest BCUT2D eigenvalue weighted by molar-refractivity contribution is 0.0477. The van der Waals surface area contributed by atoms with Crippen molar-refractivity contribution in [1.82, 2.24) is 20.0 Å². The molecule has 6 heteroatoms. The van der Waals surface area contributed by atoms with Crippen LogP contribution in [0.15, 0.2) is 30.5 Å². The molecule has 0 spiro atoms. The SMILES string of the molecule is COc1ccc(-c2[nH]ncc2CN2CCN(CC(C)C)C(CCO)C2)cc1. The molecular formula is C21H32N4O2. The average Bonchev–Trinajstić information content (AvgIpc) is 3.12. The summed E-state index contributed by atoms with van der Waals surface area (Å²) < 4.78 is 5.25. The molecule has 0 amide bonds. The van der Waals surface area contributed by atoms with Gasteiger partial charge in [0, 0.05) is 56.5 Å². The van der Waals surface area contributed by atoms with E-state index in [2.05, 4.69) is 46.0 Å². The van der Waals surface area contributed by atoms with Crippen LogP contribution in [-0.2, 0) is 6.54 Å². The number of rotatable bonds is 8. The lowest BCUT2D eigenvalue weighted by Gasteiger charge is -2.42. The Morgan fingerprint density at radius 3 is 2.70 bits per heavy atom. The fraction of sp³-hybridized carbons (Fsp3) is 0.571. The quantitative estimate of drug-likeness (QED) is 0.746. The molecule has 2 heterocycles. The van der Waals surface area contributed by atoms with Crippen molar-refractivity contribution >= 4 is 0 Å². The number of aromatic amines is 1. The Morgan fingerprint density at radius 2 is 2.04 bits per heavy atom. The van der Waals surface area contributed by atoms with E-state index in [1.165, 1.54) is 5.56 Å². The number of piperazine rings is 1. The van der Waals surface area contributed by atoms with Crippen molar-refractivity contribution in [3.8, 4) is 17.0 Å². The van der Waals surface area contributed by atoms with Gasteiger partial charge in [-0.05, 0) is 36.6 Å². The third-order valence-electron chi connectivity index (χ3n) is 5.24. The molecule has 0 radical (unpaired) electrons. The summed E-state index contributed by atoms with van der Waals surface area (Å²) in [5, 5.41) is 16.9. The van der Waals surface area contributed by atoms with Gasteiger partial charge in [0.05, 0.1) is 19.0 Å². The van der Waals surface area contributed by atoms with E-state index in [0.717, 1.165) is 56.2 Å². The normalized spacial score (nSPS) is 18.9. The van der Waals surface area contributed by atoms with Gasteiger partial charge in [-0.2, -0.15) is 5.10 Å². The van der Waals surface area contributed by atoms with E-state index < -0.39 is 0 Å². The first-order chi connectivity index (χ1) is 13.1. The first-order valence-electron chi connectivity index (χ1n) is 9.84. The lowest BCUT2D eigenvalue weighted by atomic mass is 10.0. The van der Waals surface area contributed by atoms with Crippen LogP contribution in [0.2, 0.25) is 0 Å². The highest BCUT2D eigenvalue weighted by molar-refractivity contribution is 5.63. The van der Waals surface area contributed by atoms with Gasteiger partial charge in [0.25, 0.3) is 0 Å². The van der Waals surface area contributed by atoms with E-state index in [1.807, 2.05) is 18.3 Å². The summed E-state index contributed by atoms with van der Waals surface area (Å²) in [5.41, 5.74) is 3.40. The van der Waals surface area contributed by atoms with Crippen molar-refractivity contribution in [1.29, 1.82) is 0 Å². The zero-order valence-electron chi connectivity index (χ0n) is 16.7. The van der Waals surface area contributed by atoms with E-state index in [1.54, 1.807) is 7.11 Å². The topological polar surface area (TPSA) is 64.6 Å². The first-order valence-corrected chi connectivity index (χ1v) is 9.84. The Balaban J connectivity index is 1.68. The fourth-order valence-corrected chi connectivity index (χ4v) is 3.91.